The first-order chi connectivity index (χ1) is 17.0. The zero-order valence-corrected chi connectivity index (χ0v) is 20.1. The summed E-state index contributed by atoms with van der Waals surface area (Å²) in [4.78, 5) is 28.2. The van der Waals surface area contributed by atoms with Crippen LogP contribution in [0.1, 0.15) is 21.5 Å². The molecular formula is C28H26FN3O2S. The predicted molar refractivity (Wildman–Crippen MR) is 139 cm³/mol. The van der Waals surface area contributed by atoms with Crippen LogP contribution in [0.25, 0.3) is 0 Å². The van der Waals surface area contributed by atoms with E-state index in [1.165, 1.54) is 35.4 Å². The molecule has 0 aliphatic rings. The van der Waals surface area contributed by atoms with Crippen molar-refractivity contribution in [1.82, 2.24) is 10.3 Å². The van der Waals surface area contributed by atoms with Crippen molar-refractivity contribution in [2.24, 2.45) is 0 Å². The van der Waals surface area contributed by atoms with Gasteiger partial charge in [0.15, 0.2) is 0 Å². The number of rotatable bonds is 7. The number of hydrogen-bond acceptors (Lipinski definition) is 4. The molecule has 0 unspecified atom stereocenters. The van der Waals surface area contributed by atoms with Crippen LogP contribution in [-0.2, 0) is 10.5 Å². The highest BCUT2D eigenvalue weighted by Gasteiger charge is 2.09. The summed E-state index contributed by atoms with van der Waals surface area (Å²) >= 11 is 1.61. The van der Waals surface area contributed by atoms with E-state index in [0.717, 1.165) is 10.8 Å². The molecule has 0 aliphatic heterocycles. The fourth-order valence-electron chi connectivity index (χ4n) is 2.87. The van der Waals surface area contributed by atoms with E-state index < -0.39 is 11.7 Å². The van der Waals surface area contributed by atoms with Gasteiger partial charge in [0.05, 0.1) is 23.5 Å². The summed E-state index contributed by atoms with van der Waals surface area (Å²) < 4.78 is 12.9. The fraction of sp³-hybridized carbons (Fsp3) is 0.107. The number of anilines is 1. The first-order valence-corrected chi connectivity index (χ1v) is 12.0. The van der Waals surface area contributed by atoms with E-state index in [9.17, 15) is 14.0 Å². The van der Waals surface area contributed by atoms with Crippen molar-refractivity contribution in [3.63, 3.8) is 0 Å². The minimum Gasteiger partial charge on any atom is -0.343 e. The number of carbonyl (C=O) groups excluding carboxylic acids is 2. The molecule has 0 aliphatic carbocycles. The number of aryl methyl sites for hydroxylation is 1. The molecule has 3 aromatic carbocycles. The van der Waals surface area contributed by atoms with Crippen LogP contribution >= 0.6 is 11.8 Å². The number of halogens is 1. The SMILES string of the molecule is Cc1ccccc1.O=C(CNC(=O)c1ccc(F)cc1)Nc1ccc(SCc2ccccc2)nc1. The van der Waals surface area contributed by atoms with Gasteiger partial charge in [-0.25, -0.2) is 9.37 Å². The monoisotopic (exact) mass is 487 g/mol. The van der Waals surface area contributed by atoms with Gasteiger partial charge in [0.25, 0.3) is 5.91 Å². The summed E-state index contributed by atoms with van der Waals surface area (Å²) in [5.74, 6) is -0.426. The van der Waals surface area contributed by atoms with Crippen LogP contribution in [0.3, 0.4) is 0 Å². The van der Waals surface area contributed by atoms with Crippen LogP contribution in [0.15, 0.2) is 108 Å². The summed E-state index contributed by atoms with van der Waals surface area (Å²) in [6.45, 7) is 1.89. The smallest absolute Gasteiger partial charge is 0.251 e. The predicted octanol–water partition coefficient (Wildman–Crippen LogP) is 5.88. The van der Waals surface area contributed by atoms with Gasteiger partial charge in [0, 0.05) is 11.3 Å². The molecule has 4 aromatic rings. The summed E-state index contributed by atoms with van der Waals surface area (Å²) in [6, 6.07) is 29.0. The molecule has 0 fully saturated rings. The Morgan fingerprint density at radius 3 is 2.09 bits per heavy atom. The van der Waals surface area contributed by atoms with Crippen molar-refractivity contribution in [2.45, 2.75) is 17.7 Å². The first-order valence-electron chi connectivity index (χ1n) is 11.0. The number of amides is 2. The van der Waals surface area contributed by atoms with E-state index in [2.05, 4.69) is 46.8 Å². The third kappa shape index (κ3) is 9.43. The zero-order chi connectivity index (χ0) is 24.9. The van der Waals surface area contributed by atoms with Gasteiger partial charge in [-0.3, -0.25) is 9.59 Å². The van der Waals surface area contributed by atoms with Crippen LogP contribution in [0, 0.1) is 12.7 Å². The second-order valence-corrected chi connectivity index (χ2v) is 8.55. The average Bonchev–Trinajstić information content (AvgIpc) is 2.89. The third-order valence-electron chi connectivity index (χ3n) is 4.71. The molecule has 0 saturated heterocycles. The van der Waals surface area contributed by atoms with Gasteiger partial charge in [0.2, 0.25) is 5.91 Å². The number of thioether (sulfide) groups is 1. The van der Waals surface area contributed by atoms with E-state index in [1.807, 2.05) is 42.5 Å². The molecule has 0 spiro atoms. The van der Waals surface area contributed by atoms with E-state index in [-0.39, 0.29) is 18.0 Å². The minimum absolute atomic E-state index is 0.194. The standard InChI is InChI=1S/C21H18FN3O2S.C7H8/c22-17-8-6-16(7-9-17)21(27)24-13-19(26)25-18-10-11-20(23-12-18)28-14-15-4-2-1-3-5-15;1-7-5-3-2-4-6-7/h1-12H,13-14H2,(H,24,27)(H,25,26);2-6H,1H3. The topological polar surface area (TPSA) is 71.1 Å². The lowest BCUT2D eigenvalue weighted by Crippen LogP contribution is -2.32. The average molecular weight is 488 g/mol. The molecule has 0 radical (unpaired) electrons. The Balaban J connectivity index is 0.000000420. The van der Waals surface area contributed by atoms with Crippen molar-refractivity contribution in [3.8, 4) is 0 Å². The van der Waals surface area contributed by atoms with Crippen LogP contribution < -0.4 is 10.6 Å². The van der Waals surface area contributed by atoms with Gasteiger partial charge in [0.1, 0.15) is 5.82 Å². The minimum atomic E-state index is -0.444. The molecule has 2 N–H and O–H groups in total. The van der Waals surface area contributed by atoms with Crippen molar-refractivity contribution < 1.29 is 14.0 Å². The molecule has 4 rings (SSSR count). The number of nitrogens with zero attached hydrogens (tertiary/aromatic N) is 1. The number of benzene rings is 3. The lowest BCUT2D eigenvalue weighted by atomic mass is 10.2. The number of hydrogen-bond donors (Lipinski definition) is 2. The quantitative estimate of drug-likeness (QED) is 0.320. The van der Waals surface area contributed by atoms with Crippen LogP contribution in [0.2, 0.25) is 0 Å². The molecule has 35 heavy (non-hydrogen) atoms. The lowest BCUT2D eigenvalue weighted by Gasteiger charge is -2.08. The van der Waals surface area contributed by atoms with Crippen LogP contribution in [-0.4, -0.2) is 23.3 Å². The molecule has 0 bridgehead atoms. The Labute approximate surface area is 208 Å². The van der Waals surface area contributed by atoms with E-state index in [4.69, 9.17) is 0 Å². The van der Waals surface area contributed by atoms with Gasteiger partial charge >= 0.3 is 0 Å². The molecule has 5 nitrogen and oxygen atoms in total. The Morgan fingerprint density at radius 1 is 0.857 bits per heavy atom. The Hall–Kier alpha value is -3.97. The van der Waals surface area contributed by atoms with Crippen molar-refractivity contribution in [1.29, 1.82) is 0 Å². The summed E-state index contributed by atoms with van der Waals surface area (Å²) in [5, 5.41) is 6.02. The maximum absolute atomic E-state index is 12.9. The number of pyridine rings is 1. The fourth-order valence-corrected chi connectivity index (χ4v) is 3.67. The Kier molecular flexibility index (Phi) is 10.0. The zero-order valence-electron chi connectivity index (χ0n) is 19.3. The maximum atomic E-state index is 12.9. The van der Waals surface area contributed by atoms with Gasteiger partial charge in [-0.15, -0.1) is 11.8 Å². The molecule has 7 heteroatoms. The van der Waals surface area contributed by atoms with Crippen molar-refractivity contribution >= 4 is 29.3 Å². The van der Waals surface area contributed by atoms with Crippen molar-refractivity contribution in [2.75, 3.05) is 11.9 Å². The molecule has 2 amide bonds. The van der Waals surface area contributed by atoms with Crippen LogP contribution in [0.5, 0.6) is 0 Å². The highest BCUT2D eigenvalue weighted by atomic mass is 32.2. The molecule has 0 atom stereocenters. The summed E-state index contributed by atoms with van der Waals surface area (Å²) in [5.41, 5.74) is 3.37. The molecule has 0 saturated carbocycles. The lowest BCUT2D eigenvalue weighted by molar-refractivity contribution is -0.115. The normalized spacial score (nSPS) is 10.0. The second-order valence-electron chi connectivity index (χ2n) is 7.55. The number of nitrogens with one attached hydrogen (secondary N) is 2. The summed E-state index contributed by atoms with van der Waals surface area (Å²) in [7, 11) is 0. The van der Waals surface area contributed by atoms with Gasteiger partial charge in [-0.05, 0) is 48.9 Å². The second kappa shape index (κ2) is 13.7. The third-order valence-corrected chi connectivity index (χ3v) is 5.72. The van der Waals surface area contributed by atoms with Crippen molar-refractivity contribution in [3.05, 3.63) is 126 Å². The Bertz CT molecular complexity index is 1200. The molecule has 1 heterocycles. The van der Waals surface area contributed by atoms with E-state index in [0.29, 0.717) is 5.69 Å². The van der Waals surface area contributed by atoms with Gasteiger partial charge in [-0.1, -0.05) is 66.2 Å². The summed E-state index contributed by atoms with van der Waals surface area (Å²) in [6.07, 6.45) is 1.58. The number of aromatic nitrogens is 1. The van der Waals surface area contributed by atoms with Gasteiger partial charge < -0.3 is 10.6 Å². The number of carbonyl (C=O) groups is 2. The largest absolute Gasteiger partial charge is 0.343 e. The first kappa shape index (κ1) is 25.6. The molecule has 178 valence electrons. The Morgan fingerprint density at radius 2 is 1.51 bits per heavy atom. The van der Waals surface area contributed by atoms with Crippen LogP contribution in [0.4, 0.5) is 10.1 Å². The molecular weight excluding hydrogens is 461 g/mol. The maximum Gasteiger partial charge on any atom is 0.251 e. The van der Waals surface area contributed by atoms with Gasteiger partial charge in [-0.2, -0.15) is 0 Å². The highest BCUT2D eigenvalue weighted by Crippen LogP contribution is 2.21. The highest BCUT2D eigenvalue weighted by molar-refractivity contribution is 7.98. The van der Waals surface area contributed by atoms with E-state index in [1.54, 1.807) is 24.0 Å². The molecule has 1 aromatic heterocycles. The van der Waals surface area contributed by atoms with E-state index >= 15 is 0 Å².